The number of aryl methyl sites for hydroxylation is 1. The summed E-state index contributed by atoms with van der Waals surface area (Å²) < 4.78 is 0. The standard InChI is InChI=1S/C21H31N7OS.HI/c1-3-23-21(25-10-6-18-14-30-15(2)27-18)26-13-17-5-4-9-24-20(17)28-11-7-16(8-12-28)19(22)29;/h4-5,9,14,16H,3,6-8,10-13H2,1-2H3,(H2,22,29)(H2,23,25,26);1H. The van der Waals surface area contributed by atoms with Crippen LogP contribution >= 0.6 is 35.3 Å². The molecule has 31 heavy (non-hydrogen) atoms. The second-order valence-corrected chi connectivity index (χ2v) is 8.44. The van der Waals surface area contributed by atoms with E-state index in [0.717, 1.165) is 73.5 Å². The van der Waals surface area contributed by atoms with Gasteiger partial charge in [-0.05, 0) is 32.8 Å². The molecule has 4 N–H and O–H groups in total. The highest BCUT2D eigenvalue weighted by atomic mass is 127. The second-order valence-electron chi connectivity index (χ2n) is 7.38. The second kappa shape index (κ2) is 12.8. The number of thiazole rings is 1. The van der Waals surface area contributed by atoms with Crippen molar-refractivity contribution in [3.05, 3.63) is 40.0 Å². The van der Waals surface area contributed by atoms with E-state index in [2.05, 4.69) is 43.9 Å². The highest BCUT2D eigenvalue weighted by molar-refractivity contribution is 14.0. The molecular formula is C21H32IN7OS. The molecule has 1 fully saturated rings. The Labute approximate surface area is 205 Å². The van der Waals surface area contributed by atoms with E-state index >= 15 is 0 Å². The number of nitrogens with two attached hydrogens (primary N) is 1. The van der Waals surface area contributed by atoms with Crippen molar-refractivity contribution in [2.24, 2.45) is 16.6 Å². The largest absolute Gasteiger partial charge is 0.369 e. The van der Waals surface area contributed by atoms with Gasteiger partial charge in [-0.15, -0.1) is 35.3 Å². The van der Waals surface area contributed by atoms with Gasteiger partial charge in [0.15, 0.2) is 5.96 Å². The highest BCUT2D eigenvalue weighted by Gasteiger charge is 2.24. The van der Waals surface area contributed by atoms with Crippen LogP contribution in [0.2, 0.25) is 0 Å². The number of primary amides is 1. The Hall–Kier alpha value is -1.95. The number of guanidine groups is 1. The summed E-state index contributed by atoms with van der Waals surface area (Å²) in [5.41, 5.74) is 7.64. The first-order valence-corrected chi connectivity index (χ1v) is 11.4. The summed E-state index contributed by atoms with van der Waals surface area (Å²) >= 11 is 1.68. The fraction of sp³-hybridized carbons (Fsp3) is 0.524. The molecule has 8 nitrogen and oxygen atoms in total. The fourth-order valence-corrected chi connectivity index (χ4v) is 4.20. The molecule has 0 saturated carbocycles. The maximum Gasteiger partial charge on any atom is 0.220 e. The molecule has 1 amide bonds. The summed E-state index contributed by atoms with van der Waals surface area (Å²) in [6.07, 6.45) is 4.22. The Bertz CT molecular complexity index is 865. The molecule has 170 valence electrons. The van der Waals surface area contributed by atoms with Gasteiger partial charge in [0.25, 0.3) is 0 Å². The normalized spacial score (nSPS) is 14.8. The van der Waals surface area contributed by atoms with E-state index in [1.54, 1.807) is 11.3 Å². The number of aromatic nitrogens is 2. The summed E-state index contributed by atoms with van der Waals surface area (Å²) in [6, 6.07) is 4.00. The number of nitrogens with one attached hydrogen (secondary N) is 2. The van der Waals surface area contributed by atoms with Gasteiger partial charge in [-0.3, -0.25) is 4.79 Å². The predicted octanol–water partition coefficient (Wildman–Crippen LogP) is 2.46. The van der Waals surface area contributed by atoms with Gasteiger partial charge in [0.1, 0.15) is 5.82 Å². The Morgan fingerprint density at radius 3 is 2.77 bits per heavy atom. The monoisotopic (exact) mass is 557 g/mol. The zero-order valence-corrected chi connectivity index (χ0v) is 21.3. The number of nitrogens with zero attached hydrogens (tertiary/aromatic N) is 4. The molecule has 0 radical (unpaired) electrons. The molecule has 2 aromatic rings. The minimum Gasteiger partial charge on any atom is -0.369 e. The lowest BCUT2D eigenvalue weighted by Crippen LogP contribution is -2.39. The minimum absolute atomic E-state index is 0. The van der Waals surface area contributed by atoms with Crippen molar-refractivity contribution in [3.8, 4) is 0 Å². The van der Waals surface area contributed by atoms with Crippen LogP contribution in [-0.2, 0) is 17.8 Å². The van der Waals surface area contributed by atoms with Crippen molar-refractivity contribution in [3.63, 3.8) is 0 Å². The lowest BCUT2D eigenvalue weighted by Gasteiger charge is -2.32. The maximum atomic E-state index is 11.4. The predicted molar refractivity (Wildman–Crippen MR) is 137 cm³/mol. The maximum absolute atomic E-state index is 11.4. The molecular weight excluding hydrogens is 525 g/mol. The zero-order valence-electron chi connectivity index (χ0n) is 18.1. The number of rotatable bonds is 8. The first-order valence-electron chi connectivity index (χ1n) is 10.5. The molecule has 0 spiro atoms. The summed E-state index contributed by atoms with van der Waals surface area (Å²) in [6.45, 7) is 7.75. The summed E-state index contributed by atoms with van der Waals surface area (Å²) in [7, 11) is 0. The number of hydrogen-bond acceptors (Lipinski definition) is 6. The van der Waals surface area contributed by atoms with E-state index in [0.29, 0.717) is 6.54 Å². The minimum atomic E-state index is -0.199. The third-order valence-electron chi connectivity index (χ3n) is 5.16. The summed E-state index contributed by atoms with van der Waals surface area (Å²) in [5, 5.41) is 9.88. The van der Waals surface area contributed by atoms with E-state index in [1.807, 2.05) is 19.2 Å². The average Bonchev–Trinajstić information content (AvgIpc) is 3.17. The van der Waals surface area contributed by atoms with Gasteiger partial charge in [-0.2, -0.15) is 0 Å². The number of carbonyl (C=O) groups is 1. The van der Waals surface area contributed by atoms with E-state index < -0.39 is 0 Å². The molecule has 2 aromatic heterocycles. The van der Waals surface area contributed by atoms with Crippen LogP contribution < -0.4 is 21.3 Å². The number of amides is 1. The van der Waals surface area contributed by atoms with Crippen molar-refractivity contribution >= 4 is 53.0 Å². The molecule has 0 unspecified atom stereocenters. The van der Waals surface area contributed by atoms with Crippen molar-refractivity contribution in [2.45, 2.75) is 39.7 Å². The summed E-state index contributed by atoms with van der Waals surface area (Å²) in [4.78, 5) is 27.5. The third kappa shape index (κ3) is 7.60. The number of aliphatic imine (C=N–C) groups is 1. The van der Waals surface area contributed by atoms with Crippen LogP contribution in [0.5, 0.6) is 0 Å². The number of carbonyl (C=O) groups excluding carboxylic acids is 1. The Morgan fingerprint density at radius 2 is 2.13 bits per heavy atom. The average molecular weight is 558 g/mol. The smallest absolute Gasteiger partial charge is 0.220 e. The van der Waals surface area contributed by atoms with E-state index in [-0.39, 0.29) is 35.8 Å². The van der Waals surface area contributed by atoms with Crippen molar-refractivity contribution < 1.29 is 4.79 Å². The number of anilines is 1. The third-order valence-corrected chi connectivity index (χ3v) is 5.98. The quantitative estimate of drug-likeness (QED) is 0.262. The van der Waals surface area contributed by atoms with Gasteiger partial charge >= 0.3 is 0 Å². The highest BCUT2D eigenvalue weighted by Crippen LogP contribution is 2.24. The van der Waals surface area contributed by atoms with E-state index in [4.69, 9.17) is 10.7 Å². The van der Waals surface area contributed by atoms with Crippen LogP contribution in [0.3, 0.4) is 0 Å². The van der Waals surface area contributed by atoms with Gasteiger partial charge in [0.2, 0.25) is 5.91 Å². The molecule has 1 saturated heterocycles. The lowest BCUT2D eigenvalue weighted by atomic mass is 9.96. The van der Waals surface area contributed by atoms with E-state index in [1.165, 1.54) is 0 Å². The van der Waals surface area contributed by atoms with Crippen molar-refractivity contribution in [1.82, 2.24) is 20.6 Å². The van der Waals surface area contributed by atoms with Crippen LogP contribution in [0.1, 0.15) is 36.0 Å². The van der Waals surface area contributed by atoms with Crippen LogP contribution in [0.25, 0.3) is 0 Å². The van der Waals surface area contributed by atoms with Crippen LogP contribution in [0.4, 0.5) is 5.82 Å². The van der Waals surface area contributed by atoms with Crippen molar-refractivity contribution in [1.29, 1.82) is 0 Å². The lowest BCUT2D eigenvalue weighted by molar-refractivity contribution is -0.122. The molecule has 0 aromatic carbocycles. The number of pyridine rings is 1. The summed E-state index contributed by atoms with van der Waals surface area (Å²) in [5.74, 6) is 1.50. The topological polar surface area (TPSA) is 109 Å². The molecule has 0 atom stereocenters. The Kier molecular flexibility index (Phi) is 10.4. The molecule has 0 bridgehead atoms. The number of piperidine rings is 1. The van der Waals surface area contributed by atoms with Gasteiger partial charge in [0.05, 0.1) is 17.2 Å². The van der Waals surface area contributed by atoms with Gasteiger partial charge in [0, 0.05) is 55.7 Å². The fourth-order valence-electron chi connectivity index (χ4n) is 3.55. The molecule has 1 aliphatic rings. The van der Waals surface area contributed by atoms with Crippen LogP contribution in [-0.4, -0.2) is 48.0 Å². The number of halogens is 1. The van der Waals surface area contributed by atoms with Gasteiger partial charge < -0.3 is 21.3 Å². The van der Waals surface area contributed by atoms with Crippen LogP contribution in [0, 0.1) is 12.8 Å². The Morgan fingerprint density at radius 1 is 1.35 bits per heavy atom. The molecule has 3 heterocycles. The molecule has 0 aliphatic carbocycles. The van der Waals surface area contributed by atoms with Crippen molar-refractivity contribution in [2.75, 3.05) is 31.1 Å². The van der Waals surface area contributed by atoms with Gasteiger partial charge in [-0.1, -0.05) is 6.07 Å². The molecule has 10 heteroatoms. The molecule has 1 aliphatic heterocycles. The Balaban J connectivity index is 0.00000341. The van der Waals surface area contributed by atoms with E-state index in [9.17, 15) is 4.79 Å². The first kappa shape index (κ1) is 25.3. The molecule has 3 rings (SSSR count). The SMILES string of the molecule is CCNC(=NCc1cccnc1N1CCC(C(N)=O)CC1)NCCc1csc(C)n1.I. The number of hydrogen-bond donors (Lipinski definition) is 3. The van der Waals surface area contributed by atoms with Crippen LogP contribution in [0.15, 0.2) is 28.7 Å². The van der Waals surface area contributed by atoms with Gasteiger partial charge in [-0.25, -0.2) is 15.0 Å². The zero-order chi connectivity index (χ0) is 21.3. The first-order chi connectivity index (χ1) is 14.6.